The van der Waals surface area contributed by atoms with Gasteiger partial charge >= 0.3 is 0 Å². The Kier molecular flexibility index (Phi) is 4.92. The molecule has 1 N–H and O–H groups in total. The first-order valence-corrected chi connectivity index (χ1v) is 9.67. The van der Waals surface area contributed by atoms with Gasteiger partial charge in [0.2, 0.25) is 11.8 Å². The fraction of sp³-hybridized carbons (Fsp3) is 0.261. The number of carbonyl (C=O) groups excluding carboxylic acids is 2. The second-order valence-corrected chi connectivity index (χ2v) is 7.64. The quantitative estimate of drug-likeness (QED) is 0.696. The van der Waals surface area contributed by atoms with Crippen LogP contribution < -0.4 is 5.32 Å². The molecule has 6 nitrogen and oxygen atoms in total. The number of rotatable bonds is 4. The Hall–Kier alpha value is -3.41. The molecule has 4 rings (SSSR count). The molecule has 0 radical (unpaired) electrons. The van der Waals surface area contributed by atoms with Crippen molar-refractivity contribution in [3.8, 4) is 0 Å². The number of nitrogens with zero attached hydrogens (tertiary/aromatic N) is 3. The number of aryl methyl sites for hydroxylation is 3. The van der Waals surface area contributed by atoms with Crippen LogP contribution in [-0.4, -0.2) is 33.3 Å². The zero-order chi connectivity index (χ0) is 20.5. The van der Waals surface area contributed by atoms with Crippen molar-refractivity contribution >= 4 is 34.6 Å². The number of carbonyl (C=O) groups is 2. The van der Waals surface area contributed by atoms with Crippen LogP contribution in [0, 0.1) is 6.92 Å². The van der Waals surface area contributed by atoms with Gasteiger partial charge in [-0.3, -0.25) is 9.59 Å². The number of benzene rings is 1. The fourth-order valence-electron chi connectivity index (χ4n) is 3.70. The van der Waals surface area contributed by atoms with Crippen LogP contribution >= 0.6 is 0 Å². The molecule has 0 fully saturated rings. The highest BCUT2D eigenvalue weighted by Crippen LogP contribution is 2.23. The summed E-state index contributed by atoms with van der Waals surface area (Å²) in [6, 6.07) is 8.34. The van der Waals surface area contributed by atoms with Crippen molar-refractivity contribution in [1.82, 2.24) is 14.5 Å². The minimum atomic E-state index is -0.0693. The molecule has 1 aliphatic rings. The topological polar surface area (TPSA) is 67.2 Å². The third kappa shape index (κ3) is 3.92. The number of fused-ring (bicyclic) bond motifs is 2. The lowest BCUT2D eigenvalue weighted by molar-refractivity contribution is -0.125. The number of hydrogen-bond acceptors (Lipinski definition) is 3. The summed E-state index contributed by atoms with van der Waals surface area (Å²) in [4.78, 5) is 30.0. The third-order valence-electron chi connectivity index (χ3n) is 5.30. The lowest BCUT2D eigenvalue weighted by Crippen LogP contribution is -2.24. The highest BCUT2D eigenvalue weighted by molar-refractivity contribution is 5.94. The summed E-state index contributed by atoms with van der Waals surface area (Å²) in [5.74, 6) is 0.543. The van der Waals surface area contributed by atoms with Crippen molar-refractivity contribution in [1.29, 1.82) is 0 Å². The largest absolute Gasteiger partial charge is 0.350 e. The van der Waals surface area contributed by atoms with Crippen molar-refractivity contribution in [2.45, 2.75) is 26.3 Å². The molecule has 3 aromatic rings. The lowest BCUT2D eigenvalue weighted by Gasteiger charge is -2.16. The van der Waals surface area contributed by atoms with E-state index in [4.69, 9.17) is 0 Å². The summed E-state index contributed by atoms with van der Waals surface area (Å²) < 4.78 is 2.10. The zero-order valence-electron chi connectivity index (χ0n) is 16.9. The van der Waals surface area contributed by atoms with Crippen molar-refractivity contribution in [3.05, 3.63) is 65.0 Å². The normalized spacial score (nSPS) is 13.6. The van der Waals surface area contributed by atoms with Gasteiger partial charge in [-0.15, -0.1) is 0 Å². The predicted octanol–water partition coefficient (Wildman–Crippen LogP) is 3.44. The average Bonchev–Trinajstić information content (AvgIpc) is 3.00. The molecule has 3 heterocycles. The molecule has 29 heavy (non-hydrogen) atoms. The third-order valence-corrected chi connectivity index (χ3v) is 5.30. The molecule has 0 spiro atoms. The maximum absolute atomic E-state index is 12.6. The van der Waals surface area contributed by atoms with Gasteiger partial charge in [-0.05, 0) is 53.8 Å². The van der Waals surface area contributed by atoms with Gasteiger partial charge in [-0.1, -0.05) is 12.1 Å². The number of hydrogen-bond donors (Lipinski definition) is 1. The zero-order valence-corrected chi connectivity index (χ0v) is 16.9. The monoisotopic (exact) mass is 388 g/mol. The molecule has 0 unspecified atom stereocenters. The number of amides is 2. The summed E-state index contributed by atoms with van der Waals surface area (Å²) in [6.45, 7) is 2.62. The van der Waals surface area contributed by atoms with Crippen LogP contribution in [-0.2, 0) is 29.6 Å². The van der Waals surface area contributed by atoms with Crippen LogP contribution in [0.25, 0.3) is 17.0 Å². The molecule has 0 aliphatic carbocycles. The Balaban J connectivity index is 1.47. The summed E-state index contributed by atoms with van der Waals surface area (Å²) in [5, 5.41) is 3.94. The highest BCUT2D eigenvalue weighted by Gasteiger charge is 2.16. The first-order chi connectivity index (χ1) is 13.9. The predicted molar refractivity (Wildman–Crippen MR) is 114 cm³/mol. The van der Waals surface area contributed by atoms with Gasteiger partial charge in [0.15, 0.2) is 0 Å². The SMILES string of the molecule is Cc1ccc2c(CN(C)C(=O)C=Cc3cnc4c(c3)CCC(=O)N4)cn(C)c2c1. The first-order valence-electron chi connectivity index (χ1n) is 9.67. The van der Waals surface area contributed by atoms with E-state index in [1.165, 1.54) is 16.5 Å². The van der Waals surface area contributed by atoms with Crippen LogP contribution in [0.5, 0.6) is 0 Å². The summed E-state index contributed by atoms with van der Waals surface area (Å²) in [5.41, 5.74) is 5.36. The van der Waals surface area contributed by atoms with Crippen LogP contribution in [0.1, 0.15) is 28.7 Å². The van der Waals surface area contributed by atoms with Gasteiger partial charge < -0.3 is 14.8 Å². The Bertz CT molecular complexity index is 1140. The van der Waals surface area contributed by atoms with E-state index in [-0.39, 0.29) is 11.8 Å². The first kappa shape index (κ1) is 18.9. The Morgan fingerprint density at radius 3 is 2.97 bits per heavy atom. The lowest BCUT2D eigenvalue weighted by atomic mass is 10.0. The number of aromatic nitrogens is 2. The van der Waals surface area contributed by atoms with E-state index in [9.17, 15) is 9.59 Å². The van der Waals surface area contributed by atoms with Crippen molar-refractivity contribution in [2.75, 3.05) is 12.4 Å². The molecule has 1 aliphatic heterocycles. The smallest absolute Gasteiger partial charge is 0.246 e. The van der Waals surface area contributed by atoms with Crippen LogP contribution in [0.3, 0.4) is 0 Å². The van der Waals surface area contributed by atoms with Crippen molar-refractivity contribution < 1.29 is 9.59 Å². The summed E-state index contributed by atoms with van der Waals surface area (Å²) in [6.07, 6.45) is 8.23. The molecular weight excluding hydrogens is 364 g/mol. The van der Waals surface area contributed by atoms with E-state index < -0.39 is 0 Å². The fourth-order valence-corrected chi connectivity index (χ4v) is 3.70. The van der Waals surface area contributed by atoms with Crippen molar-refractivity contribution in [2.24, 2.45) is 7.05 Å². The maximum atomic E-state index is 12.6. The minimum Gasteiger partial charge on any atom is -0.350 e. The molecule has 1 aromatic carbocycles. The molecule has 0 saturated carbocycles. The van der Waals surface area contributed by atoms with Gasteiger partial charge in [-0.2, -0.15) is 0 Å². The Labute approximate surface area is 169 Å². The van der Waals surface area contributed by atoms with Gasteiger partial charge in [0.1, 0.15) is 5.82 Å². The van der Waals surface area contributed by atoms with Crippen LogP contribution in [0.15, 0.2) is 42.7 Å². The van der Waals surface area contributed by atoms with Gasteiger partial charge in [0.05, 0.1) is 0 Å². The summed E-state index contributed by atoms with van der Waals surface area (Å²) >= 11 is 0. The van der Waals surface area contributed by atoms with Crippen LogP contribution in [0.4, 0.5) is 5.82 Å². The Morgan fingerprint density at radius 1 is 1.31 bits per heavy atom. The average molecular weight is 388 g/mol. The van der Waals surface area contributed by atoms with Gasteiger partial charge in [-0.25, -0.2) is 4.98 Å². The van der Waals surface area contributed by atoms with E-state index >= 15 is 0 Å². The van der Waals surface area contributed by atoms with E-state index in [1.54, 1.807) is 30.3 Å². The molecule has 2 amide bonds. The number of nitrogens with one attached hydrogen (secondary N) is 1. The molecule has 6 heteroatoms. The standard InChI is InChI=1S/C23H24N4O2/c1-15-4-7-19-18(13-26(2)20(19)10-15)14-27(3)22(29)9-5-16-11-17-6-8-21(28)25-23(17)24-12-16/h4-5,7,9-13H,6,8,14H2,1-3H3,(H,24,25,28). The molecule has 0 bridgehead atoms. The minimum absolute atomic E-state index is 0.00584. The molecular formula is C23H24N4O2. The second kappa shape index (κ2) is 7.54. The maximum Gasteiger partial charge on any atom is 0.246 e. The molecule has 0 atom stereocenters. The molecule has 0 saturated heterocycles. The number of anilines is 1. The summed E-state index contributed by atoms with van der Waals surface area (Å²) in [7, 11) is 3.83. The van der Waals surface area contributed by atoms with E-state index in [0.717, 1.165) is 16.7 Å². The highest BCUT2D eigenvalue weighted by atomic mass is 16.2. The number of likely N-dealkylation sites (N-methyl/N-ethyl adjacent to an activating group) is 1. The van der Waals surface area contributed by atoms with E-state index in [2.05, 4.69) is 46.2 Å². The second-order valence-electron chi connectivity index (χ2n) is 7.64. The number of pyridine rings is 1. The van der Waals surface area contributed by atoms with Crippen molar-refractivity contribution in [3.63, 3.8) is 0 Å². The van der Waals surface area contributed by atoms with E-state index in [1.807, 2.05) is 13.1 Å². The van der Waals surface area contributed by atoms with Gasteiger partial charge in [0.25, 0.3) is 0 Å². The van der Waals surface area contributed by atoms with E-state index in [0.29, 0.717) is 25.2 Å². The molecule has 2 aromatic heterocycles. The Morgan fingerprint density at radius 2 is 2.14 bits per heavy atom. The van der Waals surface area contributed by atoms with Gasteiger partial charge in [0, 0.05) is 56.4 Å². The molecule has 148 valence electrons. The van der Waals surface area contributed by atoms with Crippen LogP contribution in [0.2, 0.25) is 0 Å².